The molecule has 0 spiro atoms. The van der Waals surface area contributed by atoms with E-state index in [1.807, 2.05) is 49.4 Å². The van der Waals surface area contributed by atoms with Crippen LogP contribution in [-0.2, 0) is 7.05 Å². The Morgan fingerprint density at radius 3 is 2.57 bits per heavy atom. The zero-order valence-corrected chi connectivity index (χ0v) is 12.7. The van der Waals surface area contributed by atoms with Gasteiger partial charge < -0.3 is 4.84 Å². The van der Waals surface area contributed by atoms with E-state index in [-0.39, 0.29) is 5.69 Å². The largest absolute Gasteiger partial charge is 0.368 e. The normalized spacial score (nSPS) is 11.0. The lowest BCUT2D eigenvalue weighted by molar-refractivity contribution is 0.344. The Bertz CT molecular complexity index is 896. The van der Waals surface area contributed by atoms with Crippen LogP contribution in [-0.4, -0.2) is 26.0 Å². The third-order valence-corrected chi connectivity index (χ3v) is 3.33. The average molecular weight is 309 g/mol. The van der Waals surface area contributed by atoms with Crippen LogP contribution >= 0.6 is 0 Å². The van der Waals surface area contributed by atoms with Crippen molar-refractivity contribution in [2.75, 3.05) is 0 Å². The molecule has 0 aliphatic rings. The second kappa shape index (κ2) is 6.27. The molecule has 0 bridgehead atoms. The maximum atomic E-state index is 12.1. The van der Waals surface area contributed by atoms with Gasteiger partial charge in [0.25, 0.3) is 0 Å². The van der Waals surface area contributed by atoms with Crippen molar-refractivity contribution in [2.45, 2.75) is 6.92 Å². The first-order chi connectivity index (χ1) is 11.2. The van der Waals surface area contributed by atoms with Gasteiger partial charge in [0.2, 0.25) is 0 Å². The van der Waals surface area contributed by atoms with Gasteiger partial charge in [0, 0.05) is 12.6 Å². The zero-order chi connectivity index (χ0) is 16.2. The Morgan fingerprint density at radius 2 is 1.87 bits per heavy atom. The highest BCUT2D eigenvalue weighted by molar-refractivity contribution is 5.86. The van der Waals surface area contributed by atoms with Gasteiger partial charge in [-0.3, -0.25) is 0 Å². The van der Waals surface area contributed by atoms with Gasteiger partial charge >= 0.3 is 5.69 Å². The van der Waals surface area contributed by atoms with Crippen molar-refractivity contribution in [1.82, 2.24) is 19.8 Å². The number of tetrazole rings is 1. The van der Waals surface area contributed by atoms with Gasteiger partial charge in [-0.15, -0.1) is 0 Å². The van der Waals surface area contributed by atoms with Gasteiger partial charge in [0.15, 0.2) is 5.75 Å². The minimum absolute atomic E-state index is 0.325. The molecule has 0 saturated carbocycles. The maximum absolute atomic E-state index is 12.1. The summed E-state index contributed by atoms with van der Waals surface area (Å²) < 4.78 is 2.40. The summed E-state index contributed by atoms with van der Waals surface area (Å²) in [6.07, 6.45) is 1.57. The van der Waals surface area contributed by atoms with Crippen molar-refractivity contribution in [2.24, 2.45) is 12.2 Å². The molecule has 7 heteroatoms. The zero-order valence-electron chi connectivity index (χ0n) is 12.7. The fraction of sp³-hybridized carbons (Fsp3) is 0.125. The number of hydrogen-bond donors (Lipinski definition) is 0. The first-order valence-corrected chi connectivity index (χ1v) is 7.01. The SMILES string of the molecule is Cc1cccc(-n2nnn(C)c2=O)c1/C=N\Oc1ccccc1. The molecule has 0 radical (unpaired) electrons. The summed E-state index contributed by atoms with van der Waals surface area (Å²) in [4.78, 5) is 17.4. The molecule has 3 rings (SSSR count). The molecule has 0 atom stereocenters. The molecule has 3 aromatic rings. The number of oxime groups is 1. The van der Waals surface area contributed by atoms with Crippen LogP contribution < -0.4 is 10.5 Å². The molecule has 7 nitrogen and oxygen atoms in total. The van der Waals surface area contributed by atoms with E-state index in [0.717, 1.165) is 11.1 Å². The van der Waals surface area contributed by atoms with Gasteiger partial charge in [-0.25, -0.2) is 4.79 Å². The van der Waals surface area contributed by atoms with Crippen LogP contribution in [0.3, 0.4) is 0 Å². The summed E-state index contributed by atoms with van der Waals surface area (Å²) in [5, 5.41) is 11.6. The summed E-state index contributed by atoms with van der Waals surface area (Å²) in [6, 6.07) is 14.8. The van der Waals surface area contributed by atoms with E-state index in [1.54, 1.807) is 19.3 Å². The second-order valence-corrected chi connectivity index (χ2v) is 4.94. The Morgan fingerprint density at radius 1 is 1.09 bits per heavy atom. The molecule has 2 aromatic carbocycles. The monoisotopic (exact) mass is 309 g/mol. The third kappa shape index (κ3) is 3.03. The maximum Gasteiger partial charge on any atom is 0.368 e. The van der Waals surface area contributed by atoms with Gasteiger partial charge in [-0.1, -0.05) is 35.5 Å². The van der Waals surface area contributed by atoms with Gasteiger partial charge in [0.05, 0.1) is 11.9 Å². The van der Waals surface area contributed by atoms with E-state index in [4.69, 9.17) is 4.84 Å². The minimum Gasteiger partial charge on any atom is -0.357 e. The minimum atomic E-state index is -0.325. The molecule has 0 aliphatic carbocycles. The summed E-state index contributed by atoms with van der Waals surface area (Å²) in [7, 11) is 1.55. The number of aryl methyl sites for hydroxylation is 2. The van der Waals surface area contributed by atoms with Crippen molar-refractivity contribution in [3.05, 3.63) is 70.1 Å². The topological polar surface area (TPSA) is 74.3 Å². The van der Waals surface area contributed by atoms with Crippen LogP contribution in [0.15, 0.2) is 58.5 Å². The van der Waals surface area contributed by atoms with Crippen molar-refractivity contribution in [3.63, 3.8) is 0 Å². The predicted octanol–water partition coefficient (Wildman–Crippen LogP) is 1.69. The van der Waals surface area contributed by atoms with E-state index in [2.05, 4.69) is 15.6 Å². The number of aromatic nitrogens is 4. The van der Waals surface area contributed by atoms with Gasteiger partial charge in [-0.05, 0) is 41.1 Å². The number of benzene rings is 2. The van der Waals surface area contributed by atoms with E-state index < -0.39 is 0 Å². The van der Waals surface area contributed by atoms with Crippen LogP contribution in [0.1, 0.15) is 11.1 Å². The number of rotatable bonds is 4. The third-order valence-electron chi connectivity index (χ3n) is 3.33. The summed E-state index contributed by atoms with van der Waals surface area (Å²) in [5.74, 6) is 0.635. The molecule has 116 valence electrons. The van der Waals surface area contributed by atoms with Crippen molar-refractivity contribution >= 4 is 6.21 Å². The van der Waals surface area contributed by atoms with E-state index in [1.165, 1.54) is 9.36 Å². The van der Waals surface area contributed by atoms with Crippen molar-refractivity contribution < 1.29 is 4.84 Å². The summed E-state index contributed by atoms with van der Waals surface area (Å²) >= 11 is 0. The molecular weight excluding hydrogens is 294 g/mol. The smallest absolute Gasteiger partial charge is 0.357 e. The molecule has 23 heavy (non-hydrogen) atoms. The standard InChI is InChI=1S/C16H15N5O2/c1-12-7-6-10-15(21-16(22)20(2)18-19-21)14(12)11-17-23-13-8-4-3-5-9-13/h3-11H,1-2H3/b17-11-. The van der Waals surface area contributed by atoms with Crippen molar-refractivity contribution in [1.29, 1.82) is 0 Å². The fourth-order valence-electron chi connectivity index (χ4n) is 2.10. The molecule has 1 heterocycles. The molecule has 0 saturated heterocycles. The number of nitrogens with zero attached hydrogens (tertiary/aromatic N) is 5. The highest BCUT2D eigenvalue weighted by atomic mass is 16.6. The van der Waals surface area contributed by atoms with Crippen LogP contribution in [0.4, 0.5) is 0 Å². The number of para-hydroxylation sites is 1. The molecule has 0 unspecified atom stereocenters. The first-order valence-electron chi connectivity index (χ1n) is 7.01. The average Bonchev–Trinajstić information content (AvgIpc) is 2.89. The van der Waals surface area contributed by atoms with Crippen molar-refractivity contribution in [3.8, 4) is 11.4 Å². The van der Waals surface area contributed by atoms with Crippen LogP contribution in [0.5, 0.6) is 5.75 Å². The Balaban J connectivity index is 1.96. The van der Waals surface area contributed by atoms with E-state index >= 15 is 0 Å². The molecular formula is C16H15N5O2. The Labute approximate surface area is 132 Å². The van der Waals surface area contributed by atoms with E-state index in [0.29, 0.717) is 11.4 Å². The van der Waals surface area contributed by atoms with E-state index in [9.17, 15) is 4.79 Å². The Hall–Kier alpha value is -3.22. The molecule has 0 amide bonds. The van der Waals surface area contributed by atoms with Crippen LogP contribution in [0.25, 0.3) is 5.69 Å². The Kier molecular flexibility index (Phi) is 4.01. The predicted molar refractivity (Wildman–Crippen MR) is 86.0 cm³/mol. The molecule has 0 N–H and O–H groups in total. The highest BCUT2D eigenvalue weighted by Gasteiger charge is 2.11. The second-order valence-electron chi connectivity index (χ2n) is 4.94. The van der Waals surface area contributed by atoms with Crippen LogP contribution in [0, 0.1) is 6.92 Å². The van der Waals surface area contributed by atoms with Gasteiger partial charge in [-0.2, -0.15) is 9.36 Å². The highest BCUT2D eigenvalue weighted by Crippen LogP contribution is 2.15. The fourth-order valence-corrected chi connectivity index (χ4v) is 2.10. The summed E-state index contributed by atoms with van der Waals surface area (Å²) in [5.41, 5.74) is 1.96. The summed E-state index contributed by atoms with van der Waals surface area (Å²) in [6.45, 7) is 1.93. The lowest BCUT2D eigenvalue weighted by Crippen LogP contribution is -2.23. The molecule has 0 fully saturated rings. The first kappa shape index (κ1) is 14.7. The molecule has 0 aliphatic heterocycles. The molecule has 1 aromatic heterocycles. The number of hydrogen-bond acceptors (Lipinski definition) is 5. The van der Waals surface area contributed by atoms with Crippen LogP contribution in [0.2, 0.25) is 0 Å². The lowest BCUT2D eigenvalue weighted by Gasteiger charge is -2.06. The quantitative estimate of drug-likeness (QED) is 0.543. The lowest BCUT2D eigenvalue weighted by atomic mass is 10.1. The van der Waals surface area contributed by atoms with Gasteiger partial charge in [0.1, 0.15) is 0 Å².